The minimum atomic E-state index is 0.299. The Morgan fingerprint density at radius 1 is 0.750 bits per heavy atom. The van der Waals surface area contributed by atoms with E-state index in [-0.39, 0.29) is 0 Å². The number of ether oxygens (including phenoxy) is 2. The Morgan fingerprint density at radius 2 is 1.36 bits per heavy atom. The summed E-state index contributed by atoms with van der Waals surface area (Å²) in [5.74, 6) is 0.978. The summed E-state index contributed by atoms with van der Waals surface area (Å²) >= 11 is 0. The van der Waals surface area contributed by atoms with E-state index in [2.05, 4.69) is 30.8 Å². The highest BCUT2D eigenvalue weighted by Crippen LogP contribution is 2.16. The second kappa shape index (κ2) is 14.9. The Kier molecular flexibility index (Phi) is 11.9. The third kappa shape index (κ3) is 10.3. The third-order valence-electron chi connectivity index (χ3n) is 4.94. The van der Waals surface area contributed by atoms with Crippen molar-refractivity contribution in [2.45, 2.75) is 70.5 Å². The van der Waals surface area contributed by atoms with Gasteiger partial charge in [-0.1, -0.05) is 93.1 Å². The van der Waals surface area contributed by atoms with Crippen LogP contribution in [0.3, 0.4) is 0 Å². The number of para-hydroxylation sites is 1. The molecular weight excluding hydrogens is 344 g/mol. The van der Waals surface area contributed by atoms with Gasteiger partial charge in [-0.25, -0.2) is 0 Å². The lowest BCUT2D eigenvalue weighted by Gasteiger charge is -2.16. The van der Waals surface area contributed by atoms with Crippen molar-refractivity contribution in [1.82, 2.24) is 0 Å². The molecule has 2 aromatic rings. The van der Waals surface area contributed by atoms with E-state index in [1.54, 1.807) is 0 Å². The first-order valence-corrected chi connectivity index (χ1v) is 10.8. The van der Waals surface area contributed by atoms with Crippen molar-refractivity contribution in [1.29, 1.82) is 0 Å². The van der Waals surface area contributed by atoms with Gasteiger partial charge in [-0.3, -0.25) is 0 Å². The molecule has 0 amide bonds. The molecule has 0 aromatic heterocycles. The Bertz CT molecular complexity index is 609. The molecule has 0 bridgehead atoms. The van der Waals surface area contributed by atoms with E-state index in [9.17, 15) is 0 Å². The summed E-state index contributed by atoms with van der Waals surface area (Å²) in [6.45, 7) is 5.40. The van der Waals surface area contributed by atoms with Crippen LogP contribution in [0.5, 0.6) is 5.75 Å². The zero-order valence-corrected chi connectivity index (χ0v) is 17.2. The third-order valence-corrected chi connectivity index (χ3v) is 4.94. The van der Waals surface area contributed by atoms with Crippen LogP contribution in [-0.4, -0.2) is 12.7 Å². The maximum Gasteiger partial charge on any atom is 0.119 e. The molecule has 28 heavy (non-hydrogen) atoms. The molecule has 0 saturated carbocycles. The number of hydrogen-bond donors (Lipinski definition) is 0. The first kappa shape index (κ1) is 22.2. The second-order valence-corrected chi connectivity index (χ2v) is 7.37. The van der Waals surface area contributed by atoms with Crippen LogP contribution >= 0.6 is 0 Å². The summed E-state index contributed by atoms with van der Waals surface area (Å²) in [6, 6.07) is 20.5. The van der Waals surface area contributed by atoms with Gasteiger partial charge in [0.1, 0.15) is 5.75 Å². The highest BCUT2D eigenvalue weighted by Gasteiger charge is 2.07. The van der Waals surface area contributed by atoms with Gasteiger partial charge in [0, 0.05) is 0 Å². The highest BCUT2D eigenvalue weighted by molar-refractivity contribution is 5.20. The fraction of sp³-hybridized carbons (Fsp3) is 0.462. The SMILES string of the molecule is C=CCC(CCCCCCCCCOc1ccccc1)OCc1ccccc1. The molecule has 152 valence electrons. The summed E-state index contributed by atoms with van der Waals surface area (Å²) in [5, 5.41) is 0. The summed E-state index contributed by atoms with van der Waals surface area (Å²) in [6.07, 6.45) is 13.2. The van der Waals surface area contributed by atoms with Crippen LogP contribution in [0.4, 0.5) is 0 Å². The first-order chi connectivity index (χ1) is 13.9. The van der Waals surface area contributed by atoms with Gasteiger partial charge in [0.15, 0.2) is 0 Å². The largest absolute Gasteiger partial charge is 0.494 e. The van der Waals surface area contributed by atoms with E-state index < -0.39 is 0 Å². The number of unbranched alkanes of at least 4 members (excludes halogenated alkanes) is 6. The van der Waals surface area contributed by atoms with Crippen molar-refractivity contribution in [3.05, 3.63) is 78.9 Å². The Balaban J connectivity index is 1.44. The smallest absolute Gasteiger partial charge is 0.119 e. The summed E-state index contributed by atoms with van der Waals surface area (Å²) in [7, 11) is 0. The summed E-state index contributed by atoms with van der Waals surface area (Å²) < 4.78 is 11.8. The van der Waals surface area contributed by atoms with Crippen LogP contribution in [0.15, 0.2) is 73.3 Å². The van der Waals surface area contributed by atoms with Gasteiger partial charge >= 0.3 is 0 Å². The maximum absolute atomic E-state index is 6.09. The molecule has 0 saturated heterocycles. The molecule has 0 aliphatic rings. The number of benzene rings is 2. The number of hydrogen-bond acceptors (Lipinski definition) is 2. The number of rotatable bonds is 16. The fourth-order valence-corrected chi connectivity index (χ4v) is 3.31. The van der Waals surface area contributed by atoms with Crippen LogP contribution in [0, 0.1) is 0 Å². The molecule has 2 heteroatoms. The van der Waals surface area contributed by atoms with Gasteiger partial charge in [0.25, 0.3) is 0 Å². The average molecular weight is 381 g/mol. The van der Waals surface area contributed by atoms with E-state index in [0.29, 0.717) is 12.7 Å². The Hall–Kier alpha value is -2.06. The molecule has 0 fully saturated rings. The van der Waals surface area contributed by atoms with Crippen LogP contribution in [0.2, 0.25) is 0 Å². The molecule has 2 nitrogen and oxygen atoms in total. The first-order valence-electron chi connectivity index (χ1n) is 10.8. The van der Waals surface area contributed by atoms with Crippen molar-refractivity contribution in [2.75, 3.05) is 6.61 Å². The molecule has 2 rings (SSSR count). The Morgan fingerprint density at radius 3 is 2.04 bits per heavy atom. The molecule has 0 aliphatic heterocycles. The van der Waals surface area contributed by atoms with E-state index >= 15 is 0 Å². The predicted octanol–water partition coefficient (Wildman–Crippen LogP) is 7.35. The van der Waals surface area contributed by atoms with E-state index in [0.717, 1.165) is 31.6 Å². The van der Waals surface area contributed by atoms with Crippen LogP contribution in [0.25, 0.3) is 0 Å². The summed E-state index contributed by atoms with van der Waals surface area (Å²) in [4.78, 5) is 0. The van der Waals surface area contributed by atoms with Gasteiger partial charge in [-0.2, -0.15) is 0 Å². The maximum atomic E-state index is 6.09. The molecule has 0 aliphatic carbocycles. The highest BCUT2D eigenvalue weighted by atomic mass is 16.5. The van der Waals surface area contributed by atoms with E-state index in [4.69, 9.17) is 9.47 Å². The normalized spacial score (nSPS) is 11.9. The molecule has 0 spiro atoms. The van der Waals surface area contributed by atoms with Crippen molar-refractivity contribution >= 4 is 0 Å². The molecular formula is C26H36O2. The van der Waals surface area contributed by atoms with Crippen molar-refractivity contribution in [2.24, 2.45) is 0 Å². The summed E-state index contributed by atoms with van der Waals surface area (Å²) in [5.41, 5.74) is 1.24. The lowest BCUT2D eigenvalue weighted by molar-refractivity contribution is 0.0354. The predicted molar refractivity (Wildman–Crippen MR) is 119 cm³/mol. The standard InChI is InChI=1S/C26H36O2/c1-2-16-25(28-23-24-17-10-8-11-18-24)19-12-6-4-3-5-7-15-22-27-26-20-13-9-14-21-26/h2,8-11,13-14,17-18,20-21,25H,1,3-7,12,15-16,19,22-23H2. The average Bonchev–Trinajstić information content (AvgIpc) is 2.74. The van der Waals surface area contributed by atoms with Gasteiger partial charge in [0.2, 0.25) is 0 Å². The van der Waals surface area contributed by atoms with Crippen molar-refractivity contribution < 1.29 is 9.47 Å². The molecule has 1 unspecified atom stereocenters. The zero-order chi connectivity index (χ0) is 19.7. The second-order valence-electron chi connectivity index (χ2n) is 7.37. The van der Waals surface area contributed by atoms with Crippen LogP contribution < -0.4 is 4.74 Å². The lowest BCUT2D eigenvalue weighted by atomic mass is 10.0. The molecule has 0 N–H and O–H groups in total. The molecule has 0 radical (unpaired) electrons. The minimum Gasteiger partial charge on any atom is -0.494 e. The van der Waals surface area contributed by atoms with Crippen molar-refractivity contribution in [3.8, 4) is 5.75 Å². The zero-order valence-electron chi connectivity index (χ0n) is 17.2. The van der Waals surface area contributed by atoms with Crippen LogP contribution in [-0.2, 0) is 11.3 Å². The van der Waals surface area contributed by atoms with E-state index in [1.807, 2.05) is 42.5 Å². The topological polar surface area (TPSA) is 18.5 Å². The van der Waals surface area contributed by atoms with Crippen molar-refractivity contribution in [3.63, 3.8) is 0 Å². The quantitative estimate of drug-likeness (QED) is 0.224. The van der Waals surface area contributed by atoms with Gasteiger partial charge in [-0.05, 0) is 37.0 Å². The van der Waals surface area contributed by atoms with Gasteiger partial charge < -0.3 is 9.47 Å². The monoisotopic (exact) mass is 380 g/mol. The van der Waals surface area contributed by atoms with Gasteiger partial charge in [-0.15, -0.1) is 6.58 Å². The minimum absolute atomic E-state index is 0.299. The molecule has 1 atom stereocenters. The fourth-order valence-electron chi connectivity index (χ4n) is 3.31. The molecule has 0 heterocycles. The van der Waals surface area contributed by atoms with Gasteiger partial charge in [0.05, 0.1) is 19.3 Å². The van der Waals surface area contributed by atoms with E-state index in [1.165, 1.54) is 44.1 Å². The van der Waals surface area contributed by atoms with Crippen LogP contribution in [0.1, 0.15) is 63.4 Å². The Labute approximate surface area is 171 Å². The lowest BCUT2D eigenvalue weighted by Crippen LogP contribution is -2.12. The molecule has 2 aromatic carbocycles.